The van der Waals surface area contributed by atoms with Crippen molar-refractivity contribution in [3.8, 4) is 0 Å². The second-order valence-electron chi connectivity index (χ2n) is 6.15. The Balaban J connectivity index is 1.89. The minimum absolute atomic E-state index is 0.178. The van der Waals surface area contributed by atoms with E-state index in [4.69, 9.17) is 11.6 Å². The molecule has 0 atom stereocenters. The standard InChI is InChI=1S/C21H19ClN2O3S/c1-23(16-9-5-3-6-10-16)21(25)19-14-13-17(15-20(19)22)24(2)28(26,27)18-11-7-4-8-12-18/h3-15H,1-2H3. The summed E-state index contributed by atoms with van der Waals surface area (Å²) in [4.78, 5) is 14.4. The van der Waals surface area contributed by atoms with E-state index in [-0.39, 0.29) is 15.8 Å². The first-order chi connectivity index (χ1) is 13.3. The van der Waals surface area contributed by atoms with Crippen molar-refractivity contribution in [1.82, 2.24) is 0 Å². The third-order valence-electron chi connectivity index (χ3n) is 4.40. The molecule has 0 aromatic heterocycles. The Morgan fingerprint density at radius 3 is 1.96 bits per heavy atom. The first-order valence-corrected chi connectivity index (χ1v) is 10.3. The smallest absolute Gasteiger partial charge is 0.264 e. The van der Waals surface area contributed by atoms with Crippen molar-refractivity contribution in [3.63, 3.8) is 0 Å². The lowest BCUT2D eigenvalue weighted by molar-refractivity contribution is 0.0993. The lowest BCUT2D eigenvalue weighted by Crippen LogP contribution is -2.28. The summed E-state index contributed by atoms with van der Waals surface area (Å²) < 4.78 is 26.7. The van der Waals surface area contributed by atoms with Crippen LogP contribution in [0.3, 0.4) is 0 Å². The van der Waals surface area contributed by atoms with Crippen LogP contribution < -0.4 is 9.21 Å². The molecule has 1 amide bonds. The van der Waals surface area contributed by atoms with Gasteiger partial charge in [0.1, 0.15) is 0 Å². The van der Waals surface area contributed by atoms with Gasteiger partial charge in [0.05, 0.1) is 21.2 Å². The fourth-order valence-electron chi connectivity index (χ4n) is 2.71. The monoisotopic (exact) mass is 414 g/mol. The fourth-order valence-corrected chi connectivity index (χ4v) is 4.18. The normalized spacial score (nSPS) is 11.1. The van der Waals surface area contributed by atoms with Gasteiger partial charge >= 0.3 is 0 Å². The molecule has 3 rings (SSSR count). The van der Waals surface area contributed by atoms with Gasteiger partial charge in [-0.2, -0.15) is 0 Å². The molecule has 0 unspecified atom stereocenters. The molecule has 28 heavy (non-hydrogen) atoms. The van der Waals surface area contributed by atoms with Gasteiger partial charge < -0.3 is 4.90 Å². The van der Waals surface area contributed by atoms with Crippen LogP contribution in [0.2, 0.25) is 5.02 Å². The van der Waals surface area contributed by atoms with Crippen molar-refractivity contribution in [3.05, 3.63) is 89.4 Å². The highest BCUT2D eigenvalue weighted by molar-refractivity contribution is 7.92. The molecular formula is C21H19ClN2O3S. The number of hydrogen-bond donors (Lipinski definition) is 0. The van der Waals surface area contributed by atoms with Crippen molar-refractivity contribution in [2.24, 2.45) is 0 Å². The molecule has 0 fully saturated rings. The summed E-state index contributed by atoms with van der Waals surface area (Å²) in [7, 11) is -0.611. The molecular weight excluding hydrogens is 396 g/mol. The Bertz CT molecular complexity index is 1090. The number of benzene rings is 3. The maximum atomic E-state index is 12.8. The molecule has 0 aliphatic carbocycles. The predicted octanol–water partition coefficient (Wildman–Crippen LogP) is 4.44. The highest BCUT2D eigenvalue weighted by Gasteiger charge is 2.23. The third kappa shape index (κ3) is 3.88. The number of nitrogens with zero attached hydrogens (tertiary/aromatic N) is 2. The van der Waals surface area contributed by atoms with E-state index in [9.17, 15) is 13.2 Å². The van der Waals surface area contributed by atoms with E-state index in [0.29, 0.717) is 11.3 Å². The Morgan fingerprint density at radius 2 is 1.39 bits per heavy atom. The van der Waals surface area contributed by atoms with Gasteiger partial charge in [-0.25, -0.2) is 8.42 Å². The molecule has 3 aromatic rings. The zero-order chi connectivity index (χ0) is 20.3. The number of anilines is 2. The topological polar surface area (TPSA) is 57.7 Å². The van der Waals surface area contributed by atoms with E-state index in [0.717, 1.165) is 9.99 Å². The summed E-state index contributed by atoms with van der Waals surface area (Å²) in [6.07, 6.45) is 0. The summed E-state index contributed by atoms with van der Waals surface area (Å²) >= 11 is 6.33. The van der Waals surface area contributed by atoms with E-state index in [1.807, 2.05) is 30.3 Å². The van der Waals surface area contributed by atoms with Crippen LogP contribution in [-0.2, 0) is 10.0 Å². The third-order valence-corrected chi connectivity index (χ3v) is 6.51. The first-order valence-electron chi connectivity index (χ1n) is 8.49. The Labute approximate surface area is 169 Å². The van der Waals surface area contributed by atoms with Crippen LogP contribution in [0.1, 0.15) is 10.4 Å². The van der Waals surface area contributed by atoms with Crippen LogP contribution in [0.5, 0.6) is 0 Å². The summed E-state index contributed by atoms with van der Waals surface area (Å²) in [6.45, 7) is 0. The number of hydrogen-bond acceptors (Lipinski definition) is 3. The molecule has 7 heteroatoms. The molecule has 0 spiro atoms. The van der Waals surface area contributed by atoms with Crippen molar-refractivity contribution in [1.29, 1.82) is 0 Å². The molecule has 0 aliphatic rings. The maximum absolute atomic E-state index is 12.8. The summed E-state index contributed by atoms with van der Waals surface area (Å²) in [5, 5.41) is 0.181. The lowest BCUT2D eigenvalue weighted by atomic mass is 10.1. The van der Waals surface area contributed by atoms with E-state index in [1.165, 1.54) is 36.2 Å². The van der Waals surface area contributed by atoms with Crippen molar-refractivity contribution >= 4 is 38.9 Å². The summed E-state index contributed by atoms with van der Waals surface area (Å²) in [5.74, 6) is -0.281. The van der Waals surface area contributed by atoms with Crippen molar-refractivity contribution in [2.45, 2.75) is 4.90 Å². The molecule has 0 radical (unpaired) electrons. The number of carbonyl (C=O) groups excluding carboxylic acids is 1. The molecule has 0 N–H and O–H groups in total. The van der Waals surface area contributed by atoms with Crippen LogP contribution in [-0.4, -0.2) is 28.4 Å². The first kappa shape index (κ1) is 19.9. The molecule has 0 bridgehead atoms. The Kier molecular flexibility index (Phi) is 5.72. The zero-order valence-corrected chi connectivity index (χ0v) is 17.0. The summed E-state index contributed by atoms with van der Waals surface area (Å²) in [6, 6.07) is 21.9. The van der Waals surface area contributed by atoms with Crippen molar-refractivity contribution < 1.29 is 13.2 Å². The lowest BCUT2D eigenvalue weighted by Gasteiger charge is -2.21. The van der Waals surface area contributed by atoms with Crippen LogP contribution in [0.15, 0.2) is 83.8 Å². The van der Waals surface area contributed by atoms with Gasteiger partial charge in [-0.15, -0.1) is 0 Å². The van der Waals surface area contributed by atoms with Gasteiger partial charge in [0, 0.05) is 19.8 Å². The molecule has 144 valence electrons. The zero-order valence-electron chi connectivity index (χ0n) is 15.4. The minimum atomic E-state index is -3.72. The van der Waals surface area contributed by atoms with E-state index in [1.54, 1.807) is 31.3 Å². The van der Waals surface area contributed by atoms with Gasteiger partial charge in [0.15, 0.2) is 0 Å². The molecule has 3 aromatic carbocycles. The fraction of sp³-hybridized carbons (Fsp3) is 0.0952. The summed E-state index contributed by atoms with van der Waals surface area (Å²) in [5.41, 5.74) is 1.39. The number of para-hydroxylation sites is 1. The van der Waals surface area contributed by atoms with Gasteiger partial charge in [0.25, 0.3) is 15.9 Å². The van der Waals surface area contributed by atoms with E-state index >= 15 is 0 Å². The van der Waals surface area contributed by atoms with Crippen LogP contribution in [0.4, 0.5) is 11.4 Å². The molecule has 5 nitrogen and oxygen atoms in total. The average molecular weight is 415 g/mol. The largest absolute Gasteiger partial charge is 0.311 e. The number of amides is 1. The number of sulfonamides is 1. The quantitative estimate of drug-likeness (QED) is 0.620. The molecule has 0 saturated heterocycles. The number of halogens is 1. The number of carbonyl (C=O) groups is 1. The Hall–Kier alpha value is -2.83. The highest BCUT2D eigenvalue weighted by Crippen LogP contribution is 2.28. The van der Waals surface area contributed by atoms with Gasteiger partial charge in [-0.3, -0.25) is 9.10 Å². The van der Waals surface area contributed by atoms with Gasteiger partial charge in [-0.1, -0.05) is 48.0 Å². The molecule has 0 aliphatic heterocycles. The SMILES string of the molecule is CN(C(=O)c1ccc(N(C)S(=O)(=O)c2ccccc2)cc1Cl)c1ccccc1. The maximum Gasteiger partial charge on any atom is 0.264 e. The van der Waals surface area contributed by atoms with Crippen molar-refractivity contribution in [2.75, 3.05) is 23.3 Å². The minimum Gasteiger partial charge on any atom is -0.311 e. The van der Waals surface area contributed by atoms with E-state index in [2.05, 4.69) is 0 Å². The van der Waals surface area contributed by atoms with E-state index < -0.39 is 10.0 Å². The van der Waals surface area contributed by atoms with Crippen LogP contribution >= 0.6 is 11.6 Å². The second-order valence-corrected chi connectivity index (χ2v) is 8.53. The Morgan fingerprint density at radius 1 is 0.821 bits per heavy atom. The van der Waals surface area contributed by atoms with Crippen LogP contribution in [0, 0.1) is 0 Å². The molecule has 0 heterocycles. The second kappa shape index (κ2) is 8.04. The predicted molar refractivity (Wildman–Crippen MR) is 113 cm³/mol. The highest BCUT2D eigenvalue weighted by atomic mass is 35.5. The molecule has 0 saturated carbocycles. The van der Waals surface area contributed by atoms with Gasteiger partial charge in [0.2, 0.25) is 0 Å². The van der Waals surface area contributed by atoms with Crippen LogP contribution in [0.25, 0.3) is 0 Å². The van der Waals surface area contributed by atoms with Gasteiger partial charge in [-0.05, 0) is 42.5 Å². The average Bonchev–Trinajstić information content (AvgIpc) is 2.73. The number of rotatable bonds is 5.